The molecule has 0 bridgehead atoms. The Balaban J connectivity index is 0.000000360. The molecule has 0 radical (unpaired) electrons. The van der Waals surface area contributed by atoms with Crippen molar-refractivity contribution in [3.63, 3.8) is 0 Å². The summed E-state index contributed by atoms with van der Waals surface area (Å²) in [6.45, 7) is 9.17. The third-order valence-electron chi connectivity index (χ3n) is 2.18. The molecule has 106 valence electrons. The first-order valence-electron chi connectivity index (χ1n) is 5.84. The fraction of sp³-hybridized carbons (Fsp3) is 0.833. The van der Waals surface area contributed by atoms with E-state index < -0.39 is 12.1 Å². The molecule has 6 heteroatoms. The summed E-state index contributed by atoms with van der Waals surface area (Å²) in [6.07, 6.45) is -0.556. The van der Waals surface area contributed by atoms with E-state index in [0.29, 0.717) is 6.47 Å². The van der Waals surface area contributed by atoms with Crippen molar-refractivity contribution in [1.29, 1.82) is 0 Å². The zero-order chi connectivity index (χ0) is 14.3. The summed E-state index contributed by atoms with van der Waals surface area (Å²) in [5, 5.41) is 8.48. The lowest BCUT2D eigenvalue weighted by Gasteiger charge is -2.36. The van der Waals surface area contributed by atoms with Crippen molar-refractivity contribution in [3.05, 3.63) is 0 Å². The highest BCUT2D eigenvalue weighted by molar-refractivity contribution is 5.71. The number of carbonyl (C=O) groups is 2. The van der Waals surface area contributed by atoms with Crippen molar-refractivity contribution in [2.24, 2.45) is 0 Å². The normalized spacial score (nSPS) is 18.1. The Labute approximate surface area is 108 Å². The third-order valence-corrected chi connectivity index (χ3v) is 2.18. The molecule has 1 N–H and O–H groups in total. The maximum absolute atomic E-state index is 10.3. The second-order valence-corrected chi connectivity index (χ2v) is 5.29. The van der Waals surface area contributed by atoms with Gasteiger partial charge >= 0.3 is 5.97 Å². The Morgan fingerprint density at radius 3 is 2.17 bits per heavy atom. The van der Waals surface area contributed by atoms with Gasteiger partial charge in [0.15, 0.2) is 6.10 Å². The van der Waals surface area contributed by atoms with E-state index in [-0.39, 0.29) is 11.7 Å². The van der Waals surface area contributed by atoms with Crippen molar-refractivity contribution in [3.8, 4) is 0 Å². The van der Waals surface area contributed by atoms with Gasteiger partial charge in [0.25, 0.3) is 6.47 Å². The van der Waals surface area contributed by atoms with Gasteiger partial charge in [-0.1, -0.05) is 0 Å². The highest BCUT2D eigenvalue weighted by atomic mass is 16.5. The van der Waals surface area contributed by atoms with Crippen LogP contribution in [0.1, 0.15) is 27.7 Å². The predicted molar refractivity (Wildman–Crippen MR) is 66.4 cm³/mol. The van der Waals surface area contributed by atoms with Gasteiger partial charge in [-0.05, 0) is 34.7 Å². The molecule has 0 aromatic heterocycles. The van der Waals surface area contributed by atoms with E-state index >= 15 is 0 Å². The van der Waals surface area contributed by atoms with Crippen LogP contribution in [0.4, 0.5) is 0 Å². The van der Waals surface area contributed by atoms with Crippen LogP contribution in [0, 0.1) is 0 Å². The summed E-state index contributed by atoms with van der Waals surface area (Å²) in [7, 11) is 1.98. The average molecular weight is 261 g/mol. The topological polar surface area (TPSA) is 76.1 Å². The van der Waals surface area contributed by atoms with Gasteiger partial charge in [0.2, 0.25) is 0 Å². The zero-order valence-electron chi connectivity index (χ0n) is 11.7. The van der Waals surface area contributed by atoms with Crippen LogP contribution in [-0.2, 0) is 19.1 Å². The smallest absolute Gasteiger partial charge is 0.332 e. The monoisotopic (exact) mass is 261 g/mol. The number of carboxylic acid groups (broad SMARTS) is 1. The summed E-state index contributed by atoms with van der Waals surface area (Å²) >= 11 is 0. The number of rotatable bonds is 4. The minimum absolute atomic E-state index is 0.117. The molecule has 0 spiro atoms. The number of carbonyl (C=O) groups excluding carboxylic acids is 1. The summed E-state index contributed by atoms with van der Waals surface area (Å²) in [4.78, 5) is 22.0. The first kappa shape index (κ1) is 16.9. The van der Waals surface area contributed by atoms with Crippen molar-refractivity contribution >= 4 is 12.4 Å². The Morgan fingerprint density at radius 1 is 1.44 bits per heavy atom. The molecule has 1 aliphatic heterocycles. The maximum Gasteiger partial charge on any atom is 0.332 e. The average Bonchev–Trinajstić information content (AvgIpc) is 2.14. The highest BCUT2D eigenvalue weighted by Gasteiger charge is 2.27. The van der Waals surface area contributed by atoms with Crippen molar-refractivity contribution in [2.75, 3.05) is 20.1 Å². The molecule has 1 saturated heterocycles. The molecule has 1 heterocycles. The Morgan fingerprint density at radius 2 is 1.94 bits per heavy atom. The second-order valence-electron chi connectivity index (χ2n) is 5.29. The maximum atomic E-state index is 10.3. The Hall–Kier alpha value is -1.14. The van der Waals surface area contributed by atoms with E-state index in [1.54, 1.807) is 6.92 Å². The molecule has 1 rings (SSSR count). The molecule has 1 fully saturated rings. The number of likely N-dealkylation sites (tertiary alicyclic amines) is 1. The molecule has 18 heavy (non-hydrogen) atoms. The second kappa shape index (κ2) is 7.33. The fourth-order valence-electron chi connectivity index (χ4n) is 1.22. The molecule has 1 atom stereocenters. The van der Waals surface area contributed by atoms with Crippen molar-refractivity contribution in [2.45, 2.75) is 45.5 Å². The van der Waals surface area contributed by atoms with Gasteiger partial charge in [0.1, 0.15) is 5.60 Å². The number of aliphatic carboxylic acids is 1. The van der Waals surface area contributed by atoms with Gasteiger partial charge in [-0.2, -0.15) is 0 Å². The SMILES string of the molecule is CC(C)(C)OC=O.CC(OC1CN(C)C1)C(=O)O. The quantitative estimate of drug-likeness (QED) is 0.752. The standard InChI is InChI=1S/C7H13NO3.C5H10O2/c1-5(7(9)10)11-6-3-8(2)4-6;1-5(2,3)7-4-6/h5-6H,3-4H2,1-2H3,(H,9,10);4H,1-3H3. The molecule has 0 saturated carbocycles. The number of hydrogen-bond acceptors (Lipinski definition) is 5. The predicted octanol–water partition coefficient (Wildman–Crippen LogP) is 0.748. The number of likely N-dealkylation sites (N-methyl/N-ethyl adjacent to an activating group) is 1. The van der Waals surface area contributed by atoms with Crippen LogP contribution >= 0.6 is 0 Å². The van der Waals surface area contributed by atoms with Crippen LogP contribution in [0.2, 0.25) is 0 Å². The van der Waals surface area contributed by atoms with E-state index in [9.17, 15) is 9.59 Å². The van der Waals surface area contributed by atoms with E-state index in [0.717, 1.165) is 13.1 Å². The lowest BCUT2D eigenvalue weighted by molar-refractivity contribution is -0.158. The summed E-state index contributed by atoms with van der Waals surface area (Å²) in [5.74, 6) is -0.889. The van der Waals surface area contributed by atoms with Crippen LogP contribution in [0.15, 0.2) is 0 Å². The van der Waals surface area contributed by atoms with Gasteiger partial charge in [0.05, 0.1) is 6.10 Å². The number of nitrogens with zero attached hydrogens (tertiary/aromatic N) is 1. The molecule has 0 aromatic rings. The van der Waals surface area contributed by atoms with Crippen molar-refractivity contribution in [1.82, 2.24) is 4.90 Å². The van der Waals surface area contributed by atoms with E-state index in [1.165, 1.54) is 0 Å². The number of ether oxygens (including phenoxy) is 2. The molecule has 6 nitrogen and oxygen atoms in total. The first-order valence-corrected chi connectivity index (χ1v) is 5.84. The summed E-state index contributed by atoms with van der Waals surface area (Å²) in [5.41, 5.74) is -0.318. The molecule has 1 unspecified atom stereocenters. The van der Waals surface area contributed by atoms with Gasteiger partial charge in [-0.3, -0.25) is 4.79 Å². The Kier molecular flexibility index (Phi) is 6.86. The molecule has 0 amide bonds. The van der Waals surface area contributed by atoms with Crippen LogP contribution in [0.5, 0.6) is 0 Å². The van der Waals surface area contributed by atoms with E-state index in [2.05, 4.69) is 9.64 Å². The van der Waals surface area contributed by atoms with Crippen LogP contribution in [0.3, 0.4) is 0 Å². The molecule has 1 aliphatic rings. The van der Waals surface area contributed by atoms with Gasteiger partial charge in [-0.25, -0.2) is 4.79 Å². The van der Waals surface area contributed by atoms with Gasteiger partial charge < -0.3 is 19.5 Å². The lowest BCUT2D eigenvalue weighted by atomic mass is 10.2. The fourth-order valence-corrected chi connectivity index (χ4v) is 1.22. The summed E-state index contributed by atoms with van der Waals surface area (Å²) in [6, 6.07) is 0. The zero-order valence-corrected chi connectivity index (χ0v) is 11.7. The first-order chi connectivity index (χ1) is 8.15. The third kappa shape index (κ3) is 8.03. The van der Waals surface area contributed by atoms with Gasteiger partial charge in [0, 0.05) is 13.1 Å². The van der Waals surface area contributed by atoms with E-state index in [1.807, 2.05) is 27.8 Å². The minimum Gasteiger partial charge on any atom is -0.479 e. The van der Waals surface area contributed by atoms with E-state index in [4.69, 9.17) is 9.84 Å². The minimum atomic E-state index is -0.889. The molecule has 0 aromatic carbocycles. The number of carboxylic acids is 1. The van der Waals surface area contributed by atoms with Crippen LogP contribution in [-0.4, -0.2) is 60.4 Å². The Bertz CT molecular complexity index is 268. The summed E-state index contributed by atoms with van der Waals surface area (Å²) < 4.78 is 9.73. The van der Waals surface area contributed by atoms with Crippen LogP contribution in [0.25, 0.3) is 0 Å². The molecular weight excluding hydrogens is 238 g/mol. The van der Waals surface area contributed by atoms with Gasteiger partial charge in [-0.15, -0.1) is 0 Å². The lowest BCUT2D eigenvalue weighted by Crippen LogP contribution is -2.51. The largest absolute Gasteiger partial charge is 0.479 e. The molecular formula is C12H23NO5. The van der Waals surface area contributed by atoms with Crippen molar-refractivity contribution < 1.29 is 24.2 Å². The number of hydrogen-bond donors (Lipinski definition) is 1. The highest BCUT2D eigenvalue weighted by Crippen LogP contribution is 2.10. The van der Waals surface area contributed by atoms with Crippen LogP contribution < -0.4 is 0 Å². The molecule has 0 aliphatic carbocycles.